The summed E-state index contributed by atoms with van der Waals surface area (Å²) in [6.45, 7) is 2.15. The van der Waals surface area contributed by atoms with E-state index in [0.717, 1.165) is 49.1 Å². The Morgan fingerprint density at radius 1 is 1.28 bits per heavy atom. The van der Waals surface area contributed by atoms with Gasteiger partial charge in [0.05, 0.1) is 12.7 Å². The lowest BCUT2D eigenvalue weighted by atomic mass is 10.1. The Morgan fingerprint density at radius 3 is 2.88 bits per heavy atom. The maximum Gasteiger partial charge on any atom is 0.254 e. The molecule has 1 N–H and O–H groups in total. The van der Waals surface area contributed by atoms with Crippen molar-refractivity contribution in [3.05, 3.63) is 59.7 Å². The van der Waals surface area contributed by atoms with Crippen LogP contribution in [0.15, 0.2) is 42.5 Å². The van der Waals surface area contributed by atoms with Gasteiger partial charge in [-0.05, 0) is 36.6 Å². The summed E-state index contributed by atoms with van der Waals surface area (Å²) in [7, 11) is 1.63. The molecule has 2 aromatic rings. The predicted octanol–water partition coefficient (Wildman–Crippen LogP) is 3.23. The summed E-state index contributed by atoms with van der Waals surface area (Å²) in [6, 6.07) is 10.8. The minimum Gasteiger partial charge on any atom is -0.497 e. The second-order valence-corrected chi connectivity index (χ2v) is 6.14. The van der Waals surface area contributed by atoms with E-state index in [1.165, 1.54) is 0 Å². The summed E-state index contributed by atoms with van der Waals surface area (Å²) in [5.41, 5.74) is 0.946. The van der Waals surface area contributed by atoms with Crippen molar-refractivity contribution in [2.75, 3.05) is 31.6 Å². The number of rotatable bonds is 5. The molecule has 0 saturated carbocycles. The highest BCUT2D eigenvalue weighted by Gasteiger charge is 2.24. The van der Waals surface area contributed by atoms with Gasteiger partial charge in [-0.1, -0.05) is 6.07 Å². The van der Waals surface area contributed by atoms with Crippen LogP contribution in [0.3, 0.4) is 0 Å². The minimum absolute atomic E-state index is 0.135. The third-order valence-corrected chi connectivity index (χ3v) is 4.43. The molecule has 0 unspecified atom stereocenters. The lowest BCUT2D eigenvalue weighted by Gasteiger charge is -2.19. The maximum absolute atomic E-state index is 13.6. The van der Waals surface area contributed by atoms with Crippen molar-refractivity contribution in [2.24, 2.45) is 5.92 Å². The molecule has 1 saturated heterocycles. The Bertz CT molecular complexity index is 767. The number of benzene rings is 2. The van der Waals surface area contributed by atoms with E-state index in [4.69, 9.17) is 4.74 Å². The monoisotopic (exact) mass is 346 g/mol. The van der Waals surface area contributed by atoms with Gasteiger partial charge < -0.3 is 15.0 Å². The Kier molecular flexibility index (Phi) is 5.16. The second-order valence-electron chi connectivity index (χ2n) is 6.14. The number of amides is 1. The van der Waals surface area contributed by atoms with E-state index in [1.54, 1.807) is 7.11 Å². The molecule has 0 aromatic heterocycles. The van der Waals surface area contributed by atoms with Crippen LogP contribution >= 0.6 is 0 Å². The van der Waals surface area contributed by atoms with Crippen LogP contribution in [0.4, 0.5) is 14.5 Å². The van der Waals surface area contributed by atoms with Crippen LogP contribution in [0.5, 0.6) is 5.75 Å². The van der Waals surface area contributed by atoms with Crippen LogP contribution in [-0.2, 0) is 0 Å². The number of anilines is 1. The molecule has 1 atom stereocenters. The number of carbonyl (C=O) groups excluding carboxylic acids is 1. The SMILES string of the molecule is COc1cccc(N2CC[C@@H](CNC(=O)c3ccc(F)cc3F)C2)c1. The molecule has 6 heteroatoms. The van der Waals surface area contributed by atoms with Crippen molar-refractivity contribution in [3.8, 4) is 5.75 Å². The van der Waals surface area contributed by atoms with E-state index in [2.05, 4.69) is 10.2 Å². The normalized spacial score (nSPS) is 16.8. The highest BCUT2D eigenvalue weighted by Crippen LogP contribution is 2.26. The fourth-order valence-corrected chi connectivity index (χ4v) is 3.05. The van der Waals surface area contributed by atoms with E-state index >= 15 is 0 Å². The van der Waals surface area contributed by atoms with Crippen LogP contribution in [0.2, 0.25) is 0 Å². The van der Waals surface area contributed by atoms with Gasteiger partial charge in [0.15, 0.2) is 0 Å². The molecule has 25 heavy (non-hydrogen) atoms. The molecule has 1 amide bonds. The Hall–Kier alpha value is -2.63. The maximum atomic E-state index is 13.6. The average Bonchev–Trinajstić information content (AvgIpc) is 3.09. The zero-order chi connectivity index (χ0) is 17.8. The first-order valence-electron chi connectivity index (χ1n) is 8.19. The van der Waals surface area contributed by atoms with Gasteiger partial charge in [-0.15, -0.1) is 0 Å². The Labute approximate surface area is 145 Å². The third-order valence-electron chi connectivity index (χ3n) is 4.43. The molecule has 1 aliphatic rings. The van der Waals surface area contributed by atoms with Gasteiger partial charge in [-0.3, -0.25) is 4.79 Å². The van der Waals surface area contributed by atoms with Gasteiger partial charge in [0, 0.05) is 37.5 Å². The number of halogens is 2. The van der Waals surface area contributed by atoms with Gasteiger partial charge in [0.2, 0.25) is 0 Å². The molecule has 0 radical (unpaired) electrons. The van der Waals surface area contributed by atoms with Crippen LogP contribution in [0.1, 0.15) is 16.8 Å². The molecule has 1 aliphatic heterocycles. The molecule has 1 fully saturated rings. The summed E-state index contributed by atoms with van der Waals surface area (Å²) in [5.74, 6) is -0.974. The van der Waals surface area contributed by atoms with Crippen molar-refractivity contribution in [3.63, 3.8) is 0 Å². The summed E-state index contributed by atoms with van der Waals surface area (Å²) in [5, 5.41) is 2.74. The van der Waals surface area contributed by atoms with Gasteiger partial charge in [-0.25, -0.2) is 8.78 Å². The zero-order valence-electron chi connectivity index (χ0n) is 14.0. The van der Waals surface area contributed by atoms with E-state index in [0.29, 0.717) is 6.54 Å². The van der Waals surface area contributed by atoms with Gasteiger partial charge in [0.25, 0.3) is 5.91 Å². The molecular weight excluding hydrogens is 326 g/mol. The smallest absolute Gasteiger partial charge is 0.254 e. The minimum atomic E-state index is -0.845. The molecule has 1 heterocycles. The molecule has 3 rings (SSSR count). The van der Waals surface area contributed by atoms with Gasteiger partial charge >= 0.3 is 0 Å². The van der Waals surface area contributed by atoms with Gasteiger partial charge in [0.1, 0.15) is 17.4 Å². The number of nitrogens with one attached hydrogen (secondary N) is 1. The van der Waals surface area contributed by atoms with E-state index < -0.39 is 17.5 Å². The van der Waals surface area contributed by atoms with E-state index in [9.17, 15) is 13.6 Å². The molecule has 2 aromatic carbocycles. The Morgan fingerprint density at radius 2 is 2.12 bits per heavy atom. The molecule has 0 spiro atoms. The highest BCUT2D eigenvalue weighted by atomic mass is 19.1. The van der Waals surface area contributed by atoms with Crippen LogP contribution in [0, 0.1) is 17.6 Å². The summed E-state index contributed by atoms with van der Waals surface area (Å²) in [6.07, 6.45) is 0.934. The van der Waals surface area contributed by atoms with Gasteiger partial charge in [-0.2, -0.15) is 0 Å². The van der Waals surface area contributed by atoms with Crippen molar-refractivity contribution in [1.82, 2.24) is 5.32 Å². The second kappa shape index (κ2) is 7.51. The lowest BCUT2D eigenvalue weighted by Crippen LogP contribution is -2.31. The summed E-state index contributed by atoms with van der Waals surface area (Å²) >= 11 is 0. The van der Waals surface area contributed by atoms with Crippen molar-refractivity contribution < 1.29 is 18.3 Å². The first-order chi connectivity index (χ1) is 12.1. The van der Waals surface area contributed by atoms with Crippen molar-refractivity contribution >= 4 is 11.6 Å². The quantitative estimate of drug-likeness (QED) is 0.904. The number of hydrogen-bond acceptors (Lipinski definition) is 3. The fraction of sp³-hybridized carbons (Fsp3) is 0.316. The zero-order valence-corrected chi connectivity index (χ0v) is 14.0. The first-order valence-corrected chi connectivity index (χ1v) is 8.19. The summed E-state index contributed by atoms with van der Waals surface area (Å²) in [4.78, 5) is 14.3. The number of ether oxygens (including phenoxy) is 1. The van der Waals surface area contributed by atoms with Crippen molar-refractivity contribution in [2.45, 2.75) is 6.42 Å². The number of hydrogen-bond donors (Lipinski definition) is 1. The number of nitrogens with zero attached hydrogens (tertiary/aromatic N) is 1. The molecule has 0 aliphatic carbocycles. The largest absolute Gasteiger partial charge is 0.497 e. The van der Waals surface area contributed by atoms with E-state index in [1.807, 2.05) is 24.3 Å². The standard InChI is InChI=1S/C19H20F2N2O2/c1-25-16-4-2-3-15(10-16)23-8-7-13(12-23)11-22-19(24)17-6-5-14(20)9-18(17)21/h2-6,9-10,13H,7-8,11-12H2,1H3,(H,22,24)/t13-/m0/s1. The third kappa shape index (κ3) is 4.07. The fourth-order valence-electron chi connectivity index (χ4n) is 3.05. The number of methoxy groups -OCH3 is 1. The Balaban J connectivity index is 1.55. The molecular formula is C19H20F2N2O2. The van der Waals surface area contributed by atoms with Crippen LogP contribution in [0.25, 0.3) is 0 Å². The highest BCUT2D eigenvalue weighted by molar-refractivity contribution is 5.94. The predicted molar refractivity (Wildman–Crippen MR) is 92.0 cm³/mol. The molecule has 0 bridgehead atoms. The van der Waals surface area contributed by atoms with E-state index in [-0.39, 0.29) is 11.5 Å². The summed E-state index contributed by atoms with van der Waals surface area (Å²) < 4.78 is 31.8. The van der Waals surface area contributed by atoms with Crippen LogP contribution in [-0.4, -0.2) is 32.7 Å². The molecule has 132 valence electrons. The van der Waals surface area contributed by atoms with Crippen molar-refractivity contribution in [1.29, 1.82) is 0 Å². The van der Waals surface area contributed by atoms with Crippen LogP contribution < -0.4 is 15.0 Å². The first kappa shape index (κ1) is 17.2. The lowest BCUT2D eigenvalue weighted by molar-refractivity contribution is 0.0944. The average molecular weight is 346 g/mol. The topological polar surface area (TPSA) is 41.6 Å². The molecule has 4 nitrogen and oxygen atoms in total. The number of carbonyl (C=O) groups is 1.